The van der Waals surface area contributed by atoms with Gasteiger partial charge in [-0.3, -0.25) is 14.5 Å². The average molecular weight is 723 g/mol. The van der Waals surface area contributed by atoms with Gasteiger partial charge in [0.1, 0.15) is 29.0 Å². The largest absolute Gasteiger partial charge is 0.465 e. The number of nitrogens with one attached hydrogen (secondary N) is 2. The third kappa shape index (κ3) is 9.10. The fourth-order valence-electron chi connectivity index (χ4n) is 5.50. The predicted molar refractivity (Wildman–Crippen MR) is 201 cm³/mol. The Morgan fingerprint density at radius 2 is 1.13 bits per heavy atom. The van der Waals surface area contributed by atoms with Gasteiger partial charge >= 0.3 is 6.09 Å². The van der Waals surface area contributed by atoms with Gasteiger partial charge in [0.05, 0.1) is 28.2 Å². The van der Waals surface area contributed by atoms with E-state index in [4.69, 9.17) is 24.3 Å². The Balaban J connectivity index is 0.000000211. The number of aromatic nitrogens is 2. The fraction of sp³-hybridized carbons (Fsp3) is 0.256. The number of carbonyl (C=O) groups excluding carboxylic acids is 2. The summed E-state index contributed by atoms with van der Waals surface area (Å²) in [5, 5.41) is 24.5. The van der Waals surface area contributed by atoms with Gasteiger partial charge in [-0.15, -0.1) is 0 Å². The van der Waals surface area contributed by atoms with Crippen molar-refractivity contribution in [1.29, 1.82) is 0 Å². The van der Waals surface area contributed by atoms with Crippen molar-refractivity contribution in [1.82, 2.24) is 15.2 Å². The molecule has 2 heterocycles. The minimum Gasteiger partial charge on any atom is -0.465 e. The van der Waals surface area contributed by atoms with Crippen molar-refractivity contribution in [3.05, 3.63) is 96.3 Å². The quantitative estimate of drug-likeness (QED) is 0.112. The zero-order chi connectivity index (χ0) is 38.4. The van der Waals surface area contributed by atoms with Crippen molar-refractivity contribution in [2.75, 3.05) is 10.6 Å². The lowest BCUT2D eigenvalue weighted by atomic mass is 10.0. The van der Waals surface area contributed by atoms with E-state index in [9.17, 15) is 19.5 Å². The minimum absolute atomic E-state index is 0.233. The number of hydrogen-bond donors (Lipinski definition) is 4. The van der Waals surface area contributed by atoms with Gasteiger partial charge in [-0.1, -0.05) is 22.4 Å². The zero-order valence-electron chi connectivity index (χ0n) is 30.5. The number of hydrogen-bond acceptors (Lipinski definition) is 10. The van der Waals surface area contributed by atoms with Gasteiger partial charge in [-0.25, -0.2) is 4.79 Å². The fourth-order valence-corrected chi connectivity index (χ4v) is 5.50. The number of ether oxygens (including phenoxy) is 2. The minimum atomic E-state index is -1.15. The third-order valence-corrected chi connectivity index (χ3v) is 8.07. The number of aryl methyl sites for hydroxylation is 2. The van der Waals surface area contributed by atoms with E-state index in [1.54, 1.807) is 83.1 Å². The second-order valence-corrected chi connectivity index (χ2v) is 13.3. The van der Waals surface area contributed by atoms with Crippen LogP contribution in [-0.2, 0) is 9.59 Å². The van der Waals surface area contributed by atoms with E-state index in [2.05, 4.69) is 20.9 Å². The van der Waals surface area contributed by atoms with Gasteiger partial charge in [-0.05, 0) is 121 Å². The third-order valence-electron chi connectivity index (χ3n) is 8.07. The first-order valence-corrected chi connectivity index (χ1v) is 16.8. The van der Waals surface area contributed by atoms with Crippen LogP contribution in [0.5, 0.6) is 23.0 Å². The summed E-state index contributed by atoms with van der Waals surface area (Å²) < 4.78 is 22.3. The lowest BCUT2D eigenvalue weighted by Crippen LogP contribution is -2.54. The van der Waals surface area contributed by atoms with E-state index in [-0.39, 0.29) is 5.91 Å². The number of nitrogens with zero attached hydrogens (tertiary/aromatic N) is 3. The molecule has 53 heavy (non-hydrogen) atoms. The lowest BCUT2D eigenvalue weighted by molar-refractivity contribution is -0.121. The highest BCUT2D eigenvalue weighted by Crippen LogP contribution is 2.34. The zero-order valence-corrected chi connectivity index (χ0v) is 30.5. The number of anilines is 2. The van der Waals surface area contributed by atoms with Gasteiger partial charge in [0.25, 0.3) is 0 Å². The van der Waals surface area contributed by atoms with E-state index in [0.717, 1.165) is 27.1 Å². The normalized spacial score (nSPS) is 12.3. The first-order chi connectivity index (χ1) is 25.1. The molecule has 6 rings (SSSR count). The summed E-state index contributed by atoms with van der Waals surface area (Å²) in [5.41, 5.74) is 8.85. The van der Waals surface area contributed by atoms with Crippen molar-refractivity contribution in [2.24, 2.45) is 5.73 Å². The van der Waals surface area contributed by atoms with E-state index in [1.165, 1.54) is 0 Å². The Morgan fingerprint density at radius 1 is 0.717 bits per heavy atom. The Labute approximate surface area is 305 Å². The number of fused-ring (bicyclic) bond motifs is 2. The number of carboxylic acid groups (broad SMARTS) is 1. The summed E-state index contributed by atoms with van der Waals surface area (Å²) in [4.78, 5) is 36.8. The molecule has 0 fully saturated rings. The second kappa shape index (κ2) is 15.9. The molecule has 0 radical (unpaired) electrons. The summed E-state index contributed by atoms with van der Waals surface area (Å²) in [6.45, 7) is 12.1. The Morgan fingerprint density at radius 3 is 1.51 bits per heavy atom. The molecule has 14 nitrogen and oxygen atoms in total. The van der Waals surface area contributed by atoms with Crippen LogP contribution < -0.4 is 25.8 Å². The maximum Gasteiger partial charge on any atom is 0.408 e. The number of nitrogens with two attached hydrogens (primary N) is 1. The average Bonchev–Trinajstić information content (AvgIpc) is 3.68. The topological polar surface area (TPSA) is 195 Å². The van der Waals surface area contributed by atoms with Gasteiger partial charge < -0.3 is 40.0 Å². The van der Waals surface area contributed by atoms with Crippen LogP contribution in [0, 0.1) is 13.8 Å². The molecule has 4 aromatic carbocycles. The van der Waals surface area contributed by atoms with Gasteiger partial charge in [0.15, 0.2) is 11.2 Å². The van der Waals surface area contributed by atoms with Crippen molar-refractivity contribution in [3.63, 3.8) is 0 Å². The molecule has 276 valence electrons. The molecule has 0 spiro atoms. The SMILES string of the molecule is Cc1noc2cccc(Oc3ccc(NC(=O)[C@@H](C)N(C(=O)O)C(C)(C)C)cc3)c12.Cc1noc2cccc(Oc3ccc(NC(=O)[C@@H](C)N)cc3)c12. The molecule has 0 aliphatic carbocycles. The molecule has 0 saturated carbocycles. The van der Waals surface area contributed by atoms with Crippen LogP contribution in [0.3, 0.4) is 0 Å². The number of benzene rings is 4. The van der Waals surface area contributed by atoms with Gasteiger partial charge in [0.2, 0.25) is 11.8 Å². The van der Waals surface area contributed by atoms with Crippen LogP contribution in [0.2, 0.25) is 0 Å². The highest BCUT2D eigenvalue weighted by molar-refractivity contribution is 5.96. The van der Waals surface area contributed by atoms with E-state index in [1.807, 2.05) is 50.2 Å². The van der Waals surface area contributed by atoms with E-state index in [0.29, 0.717) is 45.5 Å². The number of amides is 3. The number of carbonyl (C=O) groups is 3. The first-order valence-electron chi connectivity index (χ1n) is 16.8. The monoisotopic (exact) mass is 722 g/mol. The van der Waals surface area contributed by atoms with Gasteiger partial charge in [-0.2, -0.15) is 0 Å². The molecule has 2 aromatic heterocycles. The summed E-state index contributed by atoms with van der Waals surface area (Å²) in [6.07, 6.45) is -1.15. The van der Waals surface area contributed by atoms with Crippen molar-refractivity contribution in [3.8, 4) is 23.0 Å². The molecule has 5 N–H and O–H groups in total. The lowest BCUT2D eigenvalue weighted by Gasteiger charge is -2.37. The molecule has 6 aromatic rings. The standard InChI is InChI=1S/C22H25N3O5.C17H17N3O3/c1-13-19-17(7-6-8-18(19)30-24-13)29-16-11-9-15(10-12-16)23-20(26)14(2)25(21(27)28)22(3,4)5;1-10(18)17(21)19-12-6-8-13(9-7-12)22-14-4-3-5-15-16(14)11(2)20-23-15/h6-12,14H,1-5H3,(H,23,26)(H,27,28);3-10H,18H2,1-2H3,(H,19,21)/t14-;10-/m11/s1. The van der Waals surface area contributed by atoms with Crippen LogP contribution in [0.25, 0.3) is 21.9 Å². The first kappa shape index (κ1) is 37.8. The molecule has 0 unspecified atom stereocenters. The van der Waals surface area contributed by atoms with Crippen LogP contribution >= 0.6 is 0 Å². The highest BCUT2D eigenvalue weighted by atomic mass is 16.5. The smallest absolute Gasteiger partial charge is 0.408 e. The molecule has 2 atom stereocenters. The maximum atomic E-state index is 12.6. The summed E-state index contributed by atoms with van der Waals surface area (Å²) in [5.74, 6) is 1.88. The summed E-state index contributed by atoms with van der Waals surface area (Å²) >= 11 is 0. The molecule has 0 aliphatic heterocycles. The summed E-state index contributed by atoms with van der Waals surface area (Å²) in [7, 11) is 0. The molecule has 0 bridgehead atoms. The molecular weight excluding hydrogens is 680 g/mol. The summed E-state index contributed by atoms with van der Waals surface area (Å²) in [6, 6.07) is 23.5. The maximum absolute atomic E-state index is 12.6. The van der Waals surface area contributed by atoms with Crippen LogP contribution in [0.1, 0.15) is 46.0 Å². The predicted octanol–water partition coefficient (Wildman–Crippen LogP) is 8.25. The molecule has 3 amide bonds. The van der Waals surface area contributed by atoms with Gasteiger partial charge in [0, 0.05) is 16.9 Å². The molecule has 14 heteroatoms. The Kier molecular flexibility index (Phi) is 11.3. The molecular formula is C39H42N6O8. The molecule has 0 saturated heterocycles. The van der Waals surface area contributed by atoms with Crippen molar-refractivity contribution < 1.29 is 38.0 Å². The van der Waals surface area contributed by atoms with Crippen LogP contribution in [0.4, 0.5) is 16.2 Å². The van der Waals surface area contributed by atoms with E-state index < -0.39 is 29.6 Å². The van der Waals surface area contributed by atoms with Crippen LogP contribution in [-0.4, -0.2) is 55.8 Å². The molecule has 0 aliphatic rings. The van der Waals surface area contributed by atoms with Crippen LogP contribution in [0.15, 0.2) is 94.0 Å². The Hall–Kier alpha value is -6.41. The van der Waals surface area contributed by atoms with Crippen molar-refractivity contribution in [2.45, 2.75) is 66.1 Å². The van der Waals surface area contributed by atoms with Crippen molar-refractivity contribution >= 4 is 51.2 Å². The number of rotatable bonds is 9. The van der Waals surface area contributed by atoms with E-state index >= 15 is 0 Å². The second-order valence-electron chi connectivity index (χ2n) is 13.3. The highest BCUT2D eigenvalue weighted by Gasteiger charge is 2.34. The Bertz CT molecular complexity index is 2220.